The number of ether oxygens (including phenoxy) is 4. The Balaban J connectivity index is 3.13. The molecule has 0 aliphatic rings. The minimum atomic E-state index is -4.65. The number of halogens is 6. The SMILES string of the molecule is COc1c(OCC(C)N)cc(OCC(F)(F)F)cc1OCC(F)(F)F. The Morgan fingerprint density at radius 1 is 0.920 bits per heavy atom. The minimum absolute atomic E-state index is 0.0577. The van der Waals surface area contributed by atoms with E-state index in [0.717, 1.165) is 19.2 Å². The number of benzene rings is 1. The van der Waals surface area contributed by atoms with Crippen LogP contribution in [-0.4, -0.2) is 45.3 Å². The first kappa shape index (κ1) is 21.0. The maximum absolute atomic E-state index is 12.3. The molecule has 0 radical (unpaired) electrons. The first-order valence-corrected chi connectivity index (χ1v) is 6.91. The summed E-state index contributed by atoms with van der Waals surface area (Å²) < 4.78 is 93.2. The number of rotatable bonds is 8. The van der Waals surface area contributed by atoms with Crippen LogP contribution in [0.15, 0.2) is 12.1 Å². The standard InChI is InChI=1S/C14H17F6NO4/c1-8(21)5-23-10-3-9(24-6-13(15,16)17)4-11(12(10)22-2)25-7-14(18,19)20/h3-4,8H,5-7,21H2,1-2H3. The van der Waals surface area contributed by atoms with E-state index >= 15 is 0 Å². The lowest BCUT2D eigenvalue weighted by Crippen LogP contribution is -2.24. The summed E-state index contributed by atoms with van der Waals surface area (Å²) in [5, 5.41) is 0. The second-order valence-corrected chi connectivity index (χ2v) is 5.05. The summed E-state index contributed by atoms with van der Waals surface area (Å²) in [5.41, 5.74) is 5.51. The third-order valence-corrected chi connectivity index (χ3v) is 2.49. The molecule has 0 fully saturated rings. The largest absolute Gasteiger partial charge is 0.490 e. The van der Waals surface area contributed by atoms with E-state index in [1.165, 1.54) is 0 Å². The molecule has 0 spiro atoms. The molecule has 0 aromatic heterocycles. The van der Waals surface area contributed by atoms with Gasteiger partial charge in [0, 0.05) is 18.2 Å². The quantitative estimate of drug-likeness (QED) is 0.705. The van der Waals surface area contributed by atoms with Gasteiger partial charge in [0.2, 0.25) is 5.75 Å². The Labute approximate surface area is 139 Å². The van der Waals surface area contributed by atoms with E-state index in [0.29, 0.717) is 0 Å². The van der Waals surface area contributed by atoms with E-state index in [-0.39, 0.29) is 18.1 Å². The lowest BCUT2D eigenvalue weighted by Gasteiger charge is -2.19. The molecule has 5 nitrogen and oxygen atoms in total. The summed E-state index contributed by atoms with van der Waals surface area (Å²) in [4.78, 5) is 0. The summed E-state index contributed by atoms with van der Waals surface area (Å²) >= 11 is 0. The van der Waals surface area contributed by atoms with Crippen molar-refractivity contribution < 1.29 is 45.3 Å². The molecule has 0 heterocycles. The minimum Gasteiger partial charge on any atom is -0.490 e. The van der Waals surface area contributed by atoms with Gasteiger partial charge in [-0.05, 0) is 6.92 Å². The fourth-order valence-corrected chi connectivity index (χ4v) is 1.60. The normalized spacial score (nSPS) is 13.3. The van der Waals surface area contributed by atoms with Crippen molar-refractivity contribution in [2.24, 2.45) is 5.73 Å². The molecule has 0 amide bonds. The van der Waals surface area contributed by atoms with E-state index in [2.05, 4.69) is 9.47 Å². The van der Waals surface area contributed by atoms with Crippen molar-refractivity contribution in [1.82, 2.24) is 0 Å². The van der Waals surface area contributed by atoms with Crippen LogP contribution in [-0.2, 0) is 0 Å². The summed E-state index contributed by atoms with van der Waals surface area (Å²) in [6, 6.07) is 1.46. The van der Waals surface area contributed by atoms with Crippen LogP contribution in [0.5, 0.6) is 23.0 Å². The molecule has 1 rings (SSSR count). The summed E-state index contributed by atoms with van der Waals surface area (Å²) in [7, 11) is 1.14. The van der Waals surface area contributed by atoms with Gasteiger partial charge in [-0.3, -0.25) is 0 Å². The van der Waals surface area contributed by atoms with Gasteiger partial charge in [-0.2, -0.15) is 26.3 Å². The van der Waals surface area contributed by atoms with Crippen molar-refractivity contribution in [2.45, 2.75) is 25.3 Å². The highest BCUT2D eigenvalue weighted by atomic mass is 19.4. The Morgan fingerprint density at radius 3 is 1.84 bits per heavy atom. The van der Waals surface area contributed by atoms with Gasteiger partial charge in [0.25, 0.3) is 0 Å². The third kappa shape index (κ3) is 8.05. The van der Waals surface area contributed by atoms with Gasteiger partial charge < -0.3 is 24.7 Å². The number of hydrogen-bond acceptors (Lipinski definition) is 5. The van der Waals surface area contributed by atoms with Gasteiger partial charge in [0.1, 0.15) is 12.4 Å². The molecule has 25 heavy (non-hydrogen) atoms. The molecule has 0 saturated heterocycles. The summed E-state index contributed by atoms with van der Waals surface area (Å²) in [6.45, 7) is -1.76. The van der Waals surface area contributed by atoms with Crippen molar-refractivity contribution in [3.8, 4) is 23.0 Å². The molecule has 0 saturated carbocycles. The average molecular weight is 377 g/mol. The van der Waals surface area contributed by atoms with Crippen LogP contribution >= 0.6 is 0 Å². The van der Waals surface area contributed by atoms with Gasteiger partial charge in [-0.15, -0.1) is 0 Å². The topological polar surface area (TPSA) is 62.9 Å². The lowest BCUT2D eigenvalue weighted by molar-refractivity contribution is -0.154. The van der Waals surface area contributed by atoms with Crippen molar-refractivity contribution >= 4 is 0 Å². The van der Waals surface area contributed by atoms with Crippen molar-refractivity contribution in [1.29, 1.82) is 0 Å². The van der Waals surface area contributed by atoms with Crippen LogP contribution in [0.1, 0.15) is 6.92 Å². The zero-order chi connectivity index (χ0) is 19.3. The Bertz CT molecular complexity index is 559. The summed E-state index contributed by atoms with van der Waals surface area (Å²) in [5.74, 6) is -1.24. The Hall–Kier alpha value is -2.04. The second-order valence-electron chi connectivity index (χ2n) is 5.05. The highest BCUT2D eigenvalue weighted by molar-refractivity contribution is 5.56. The maximum atomic E-state index is 12.3. The highest BCUT2D eigenvalue weighted by Gasteiger charge is 2.31. The number of methoxy groups -OCH3 is 1. The molecule has 1 unspecified atom stereocenters. The molecule has 0 aliphatic heterocycles. The first-order valence-electron chi connectivity index (χ1n) is 6.91. The van der Waals surface area contributed by atoms with Gasteiger partial charge in [-0.25, -0.2) is 0 Å². The van der Waals surface area contributed by atoms with Gasteiger partial charge in [0.15, 0.2) is 24.7 Å². The zero-order valence-corrected chi connectivity index (χ0v) is 13.3. The fraction of sp³-hybridized carbons (Fsp3) is 0.571. The van der Waals surface area contributed by atoms with Gasteiger partial charge in [0.05, 0.1) is 7.11 Å². The molecule has 0 aliphatic carbocycles. The average Bonchev–Trinajstić information content (AvgIpc) is 2.47. The molecular weight excluding hydrogens is 360 g/mol. The zero-order valence-electron chi connectivity index (χ0n) is 13.3. The van der Waals surface area contributed by atoms with Crippen LogP contribution in [0.25, 0.3) is 0 Å². The van der Waals surface area contributed by atoms with Crippen LogP contribution in [0.4, 0.5) is 26.3 Å². The second kappa shape index (κ2) is 8.37. The van der Waals surface area contributed by atoms with Crippen LogP contribution < -0.4 is 24.7 Å². The molecule has 0 bridgehead atoms. The van der Waals surface area contributed by atoms with Crippen molar-refractivity contribution in [2.75, 3.05) is 26.9 Å². The van der Waals surface area contributed by atoms with E-state index in [1.807, 2.05) is 0 Å². The smallest absolute Gasteiger partial charge is 0.422 e. The molecule has 2 N–H and O–H groups in total. The first-order chi connectivity index (χ1) is 11.4. The van der Waals surface area contributed by atoms with E-state index in [9.17, 15) is 26.3 Å². The number of nitrogens with two attached hydrogens (primary N) is 1. The van der Waals surface area contributed by atoms with Crippen molar-refractivity contribution in [3.63, 3.8) is 0 Å². The number of alkyl halides is 6. The fourth-order valence-electron chi connectivity index (χ4n) is 1.60. The maximum Gasteiger partial charge on any atom is 0.422 e. The Kier molecular flexibility index (Phi) is 7.03. The van der Waals surface area contributed by atoms with Crippen LogP contribution in [0.2, 0.25) is 0 Å². The summed E-state index contributed by atoms with van der Waals surface area (Å²) in [6.07, 6.45) is -9.28. The molecule has 1 aromatic rings. The van der Waals surface area contributed by atoms with Crippen LogP contribution in [0.3, 0.4) is 0 Å². The lowest BCUT2D eigenvalue weighted by atomic mass is 10.2. The Morgan fingerprint density at radius 2 is 1.40 bits per heavy atom. The van der Waals surface area contributed by atoms with E-state index < -0.39 is 43.1 Å². The monoisotopic (exact) mass is 377 g/mol. The van der Waals surface area contributed by atoms with Gasteiger partial charge >= 0.3 is 12.4 Å². The molecule has 144 valence electrons. The number of hydrogen-bond donors (Lipinski definition) is 1. The molecule has 1 aromatic carbocycles. The molecule has 1 atom stereocenters. The third-order valence-electron chi connectivity index (χ3n) is 2.49. The molecular formula is C14H17F6NO4. The predicted molar refractivity (Wildman–Crippen MR) is 75.2 cm³/mol. The van der Waals surface area contributed by atoms with E-state index in [4.69, 9.17) is 15.2 Å². The van der Waals surface area contributed by atoms with Crippen molar-refractivity contribution in [3.05, 3.63) is 12.1 Å². The van der Waals surface area contributed by atoms with E-state index in [1.54, 1.807) is 6.92 Å². The van der Waals surface area contributed by atoms with Crippen LogP contribution in [0, 0.1) is 0 Å². The molecule has 11 heteroatoms. The predicted octanol–water partition coefficient (Wildman–Crippen LogP) is 3.30. The van der Waals surface area contributed by atoms with Gasteiger partial charge in [-0.1, -0.05) is 0 Å². The highest BCUT2D eigenvalue weighted by Crippen LogP contribution is 2.42.